The van der Waals surface area contributed by atoms with Gasteiger partial charge < -0.3 is 15.4 Å². The van der Waals surface area contributed by atoms with Gasteiger partial charge in [0.05, 0.1) is 12.7 Å². The summed E-state index contributed by atoms with van der Waals surface area (Å²) in [5.74, 6) is 0.0636. The minimum atomic E-state index is -0.213. The summed E-state index contributed by atoms with van der Waals surface area (Å²) in [6.07, 6.45) is 3.83. The maximum Gasteiger partial charge on any atom is 0.239 e. The smallest absolute Gasteiger partial charge is 0.239 e. The van der Waals surface area contributed by atoms with E-state index in [0.29, 0.717) is 25.2 Å². The fraction of sp³-hybridized carbons (Fsp3) is 0.933. The summed E-state index contributed by atoms with van der Waals surface area (Å²) in [7, 11) is 0. The molecule has 0 saturated carbocycles. The largest absolute Gasteiger partial charge is 0.375 e. The van der Waals surface area contributed by atoms with E-state index in [1.54, 1.807) is 0 Å². The Balaban J connectivity index is 1.77. The molecule has 0 spiro atoms. The average molecular weight is 283 g/mol. The van der Waals surface area contributed by atoms with Gasteiger partial charge in [0.1, 0.15) is 6.04 Å². The molecule has 1 amide bonds. The Morgan fingerprint density at radius 2 is 2.25 bits per heavy atom. The highest BCUT2D eigenvalue weighted by Gasteiger charge is 2.29. The molecular formula is C15H29N3O2. The highest BCUT2D eigenvalue weighted by atomic mass is 16.5. The first-order valence-corrected chi connectivity index (χ1v) is 7.98. The molecule has 2 aliphatic rings. The topological polar surface area (TPSA) is 53.6 Å². The predicted octanol–water partition coefficient (Wildman–Crippen LogP) is 0.742. The van der Waals surface area contributed by atoms with Crippen LogP contribution in [-0.2, 0) is 9.53 Å². The maximum absolute atomic E-state index is 12.2. The molecule has 0 radical (unpaired) electrons. The summed E-state index contributed by atoms with van der Waals surface area (Å²) in [6.45, 7) is 9.75. The van der Waals surface area contributed by atoms with Gasteiger partial charge in [-0.1, -0.05) is 6.42 Å². The zero-order valence-corrected chi connectivity index (χ0v) is 13.0. The van der Waals surface area contributed by atoms with Crippen molar-refractivity contribution < 1.29 is 9.53 Å². The second kappa shape index (κ2) is 7.38. The number of carbonyl (C=O) groups excluding carboxylic acids is 1. The Labute approximate surface area is 122 Å². The van der Waals surface area contributed by atoms with Gasteiger partial charge in [-0.2, -0.15) is 0 Å². The first-order chi connectivity index (χ1) is 9.59. The molecule has 5 heteroatoms. The summed E-state index contributed by atoms with van der Waals surface area (Å²) < 4.78 is 5.52. The molecule has 2 saturated heterocycles. The number of rotatable bonds is 4. The number of hydrogen-bond donors (Lipinski definition) is 2. The third kappa shape index (κ3) is 3.93. The van der Waals surface area contributed by atoms with Gasteiger partial charge in [0.25, 0.3) is 0 Å². The van der Waals surface area contributed by atoms with Gasteiger partial charge >= 0.3 is 0 Å². The van der Waals surface area contributed by atoms with Crippen LogP contribution < -0.4 is 10.6 Å². The van der Waals surface area contributed by atoms with Crippen LogP contribution >= 0.6 is 0 Å². The van der Waals surface area contributed by atoms with Crippen LogP contribution in [0.3, 0.4) is 0 Å². The van der Waals surface area contributed by atoms with E-state index in [4.69, 9.17) is 4.74 Å². The van der Waals surface area contributed by atoms with Crippen molar-refractivity contribution >= 4 is 5.91 Å². The van der Waals surface area contributed by atoms with Crippen LogP contribution in [0.15, 0.2) is 0 Å². The van der Waals surface area contributed by atoms with E-state index in [1.807, 2.05) is 6.92 Å². The van der Waals surface area contributed by atoms with Gasteiger partial charge in [-0.05, 0) is 40.2 Å². The molecule has 4 atom stereocenters. The zero-order chi connectivity index (χ0) is 14.5. The fourth-order valence-corrected chi connectivity index (χ4v) is 3.28. The van der Waals surface area contributed by atoms with Gasteiger partial charge in [-0.3, -0.25) is 9.69 Å². The van der Waals surface area contributed by atoms with Crippen molar-refractivity contribution in [2.45, 2.75) is 64.3 Å². The second-order valence-corrected chi connectivity index (χ2v) is 6.18. The van der Waals surface area contributed by atoms with E-state index in [-0.39, 0.29) is 18.1 Å². The minimum Gasteiger partial charge on any atom is -0.375 e. The van der Waals surface area contributed by atoms with Crippen molar-refractivity contribution in [1.29, 1.82) is 0 Å². The number of nitrogens with zero attached hydrogens (tertiary/aromatic N) is 1. The molecule has 2 rings (SSSR count). The normalized spacial score (nSPS) is 33.6. The molecule has 2 N–H and O–H groups in total. The van der Waals surface area contributed by atoms with Crippen molar-refractivity contribution in [2.75, 3.05) is 26.2 Å². The summed E-state index contributed by atoms with van der Waals surface area (Å²) in [6, 6.07) is 0.814. The van der Waals surface area contributed by atoms with Crippen LogP contribution in [-0.4, -0.2) is 61.3 Å². The second-order valence-electron chi connectivity index (χ2n) is 6.18. The monoisotopic (exact) mass is 283 g/mol. The van der Waals surface area contributed by atoms with E-state index >= 15 is 0 Å². The molecule has 2 fully saturated rings. The Bertz CT molecular complexity index is 324. The predicted molar refractivity (Wildman–Crippen MR) is 79.7 cm³/mol. The summed E-state index contributed by atoms with van der Waals surface area (Å²) in [5.41, 5.74) is 0. The number of carbonyl (C=O) groups is 1. The van der Waals surface area contributed by atoms with E-state index in [0.717, 1.165) is 13.1 Å². The molecule has 0 aromatic carbocycles. The van der Waals surface area contributed by atoms with Crippen LogP contribution in [0.2, 0.25) is 0 Å². The highest BCUT2D eigenvalue weighted by Crippen LogP contribution is 2.18. The molecule has 2 aliphatic heterocycles. The first kappa shape index (κ1) is 15.7. The van der Waals surface area contributed by atoms with Gasteiger partial charge in [0.2, 0.25) is 5.91 Å². The van der Waals surface area contributed by atoms with Crippen molar-refractivity contribution in [3.8, 4) is 0 Å². The first-order valence-electron chi connectivity index (χ1n) is 7.98. The molecular weight excluding hydrogens is 254 g/mol. The summed E-state index contributed by atoms with van der Waals surface area (Å²) in [4.78, 5) is 14.7. The van der Waals surface area contributed by atoms with Crippen LogP contribution in [0.25, 0.3) is 0 Å². The van der Waals surface area contributed by atoms with E-state index < -0.39 is 0 Å². The third-order valence-corrected chi connectivity index (χ3v) is 4.59. The van der Waals surface area contributed by atoms with Gasteiger partial charge in [0, 0.05) is 25.2 Å². The standard InChI is InChI=1S/C15H29N3O2/c1-11-6-4-5-8-18(11)12(2)10-17-15(19)14-13(3)20-9-7-16-14/h11-14,16H,4-10H2,1-3H3,(H,17,19)/t11?,12?,13-,14+/m1/s1. The lowest BCUT2D eigenvalue weighted by Crippen LogP contribution is -2.57. The molecule has 0 bridgehead atoms. The van der Waals surface area contributed by atoms with Gasteiger partial charge in [-0.25, -0.2) is 0 Å². The molecule has 0 aromatic rings. The van der Waals surface area contributed by atoms with E-state index in [1.165, 1.54) is 19.3 Å². The van der Waals surface area contributed by atoms with E-state index in [2.05, 4.69) is 29.4 Å². The lowest BCUT2D eigenvalue weighted by atomic mass is 10.0. The SMILES string of the molecule is CC1CCCCN1C(C)CNC(=O)[C@H]1NCCO[C@@H]1C. The molecule has 2 unspecified atom stereocenters. The summed E-state index contributed by atoms with van der Waals surface area (Å²) in [5, 5.41) is 6.31. The van der Waals surface area contributed by atoms with Crippen molar-refractivity contribution in [1.82, 2.24) is 15.5 Å². The Kier molecular flexibility index (Phi) is 5.81. The van der Waals surface area contributed by atoms with E-state index in [9.17, 15) is 4.79 Å². The quantitative estimate of drug-likeness (QED) is 0.799. The van der Waals surface area contributed by atoms with Crippen molar-refractivity contribution in [2.24, 2.45) is 0 Å². The zero-order valence-electron chi connectivity index (χ0n) is 13.0. The molecule has 2 heterocycles. The third-order valence-electron chi connectivity index (χ3n) is 4.59. The van der Waals surface area contributed by atoms with Crippen molar-refractivity contribution in [3.63, 3.8) is 0 Å². The van der Waals surface area contributed by atoms with Crippen LogP contribution in [0.5, 0.6) is 0 Å². The van der Waals surface area contributed by atoms with Gasteiger partial charge in [0.15, 0.2) is 0 Å². The number of ether oxygens (including phenoxy) is 1. The number of likely N-dealkylation sites (tertiary alicyclic amines) is 1. The molecule has 0 aromatic heterocycles. The van der Waals surface area contributed by atoms with Crippen molar-refractivity contribution in [3.05, 3.63) is 0 Å². The highest BCUT2D eigenvalue weighted by molar-refractivity contribution is 5.82. The molecule has 20 heavy (non-hydrogen) atoms. The Morgan fingerprint density at radius 3 is 2.95 bits per heavy atom. The number of nitrogens with one attached hydrogen (secondary N) is 2. The number of morpholine rings is 1. The van der Waals surface area contributed by atoms with Crippen LogP contribution in [0, 0.1) is 0 Å². The summed E-state index contributed by atoms with van der Waals surface area (Å²) >= 11 is 0. The fourth-order valence-electron chi connectivity index (χ4n) is 3.28. The van der Waals surface area contributed by atoms with Crippen LogP contribution in [0.1, 0.15) is 40.0 Å². The molecule has 0 aliphatic carbocycles. The Morgan fingerprint density at radius 1 is 1.45 bits per heavy atom. The van der Waals surface area contributed by atoms with Gasteiger partial charge in [-0.15, -0.1) is 0 Å². The lowest BCUT2D eigenvalue weighted by Gasteiger charge is -2.38. The minimum absolute atomic E-state index is 0.0482. The average Bonchev–Trinajstić information content (AvgIpc) is 2.45. The maximum atomic E-state index is 12.2. The number of piperidine rings is 1. The number of hydrogen-bond acceptors (Lipinski definition) is 4. The number of amides is 1. The molecule has 116 valence electrons. The molecule has 5 nitrogen and oxygen atoms in total. The lowest BCUT2D eigenvalue weighted by molar-refractivity contribution is -0.129. The van der Waals surface area contributed by atoms with Crippen LogP contribution in [0.4, 0.5) is 0 Å². The Hall–Kier alpha value is -0.650.